The molecule has 1 saturated heterocycles. The van der Waals surface area contributed by atoms with Crippen molar-refractivity contribution in [3.05, 3.63) is 6.92 Å². The van der Waals surface area contributed by atoms with E-state index >= 15 is 0 Å². The van der Waals surface area contributed by atoms with E-state index in [2.05, 4.69) is 6.92 Å². The van der Waals surface area contributed by atoms with Gasteiger partial charge in [0.2, 0.25) is 0 Å². The fourth-order valence-corrected chi connectivity index (χ4v) is 0.644. The number of hydrogen-bond donors (Lipinski definition) is 0. The molecule has 47 valence electrons. The monoisotopic (exact) mass is 243 g/mol. The molecule has 1 radical (unpaired) electrons. The Morgan fingerprint density at radius 1 is 1.50 bits per heavy atom. The van der Waals surface area contributed by atoms with Crippen LogP contribution in [0.1, 0.15) is 12.8 Å². The van der Waals surface area contributed by atoms with Crippen molar-refractivity contribution in [2.24, 2.45) is 0 Å². The Kier molecular flexibility index (Phi) is 10.1. The molecule has 1 unspecified atom stereocenters. The van der Waals surface area contributed by atoms with Crippen LogP contribution in [-0.4, -0.2) is 67.1 Å². The smallest absolute Gasteiger partial charge is 0.0577 e. The van der Waals surface area contributed by atoms with Crippen molar-refractivity contribution in [3.63, 3.8) is 0 Å². The minimum absolute atomic E-state index is 0. The average Bonchev–Trinajstić information content (AvgIpc) is 1.86. The molecule has 0 bridgehead atoms. The van der Waals surface area contributed by atoms with Crippen LogP contribution in [0.5, 0.6) is 0 Å². The first kappa shape index (κ1) is 12.2. The van der Waals surface area contributed by atoms with E-state index in [0.29, 0.717) is 6.10 Å². The van der Waals surface area contributed by atoms with E-state index in [1.54, 1.807) is 0 Å². The summed E-state index contributed by atoms with van der Waals surface area (Å²) in [6.07, 6.45) is 2.65. The summed E-state index contributed by atoms with van der Waals surface area (Å²) in [5.74, 6) is 0. The SMILES string of the molecule is O.[BaH2].[CH2]C1CCCO1. The maximum Gasteiger partial charge on any atom is 0.0577 e. The predicted molar refractivity (Wildman–Crippen MR) is 36.5 cm³/mol. The molecule has 2 nitrogen and oxygen atoms in total. The van der Waals surface area contributed by atoms with Gasteiger partial charge >= 0.3 is 48.9 Å². The summed E-state index contributed by atoms with van der Waals surface area (Å²) in [5.41, 5.74) is 0. The molecule has 1 heterocycles. The van der Waals surface area contributed by atoms with Gasteiger partial charge in [0.25, 0.3) is 0 Å². The summed E-state index contributed by atoms with van der Waals surface area (Å²) in [7, 11) is 0. The first-order valence-electron chi connectivity index (χ1n) is 2.34. The molecule has 8 heavy (non-hydrogen) atoms. The van der Waals surface area contributed by atoms with Gasteiger partial charge in [0, 0.05) is 6.61 Å². The normalized spacial score (nSPS) is 25.9. The molecule has 0 aromatic heterocycles. The van der Waals surface area contributed by atoms with E-state index in [0.717, 1.165) is 13.0 Å². The second-order valence-electron chi connectivity index (χ2n) is 1.64. The van der Waals surface area contributed by atoms with Gasteiger partial charge in [-0.1, -0.05) is 0 Å². The van der Waals surface area contributed by atoms with Gasteiger partial charge in [0.15, 0.2) is 0 Å². The third-order valence-corrected chi connectivity index (χ3v) is 1.02. The Labute approximate surface area is 90.4 Å². The van der Waals surface area contributed by atoms with E-state index in [-0.39, 0.29) is 54.4 Å². The third kappa shape index (κ3) is 4.38. The Balaban J connectivity index is 0. The van der Waals surface area contributed by atoms with E-state index in [1.807, 2.05) is 0 Å². The molecule has 2 N–H and O–H groups in total. The van der Waals surface area contributed by atoms with Crippen LogP contribution in [0, 0.1) is 6.92 Å². The molecule has 0 amide bonds. The second kappa shape index (κ2) is 6.61. The molecular weight excluding hydrogens is 229 g/mol. The number of ether oxygens (including phenoxy) is 1. The Bertz CT molecular complexity index is 43.7. The van der Waals surface area contributed by atoms with Crippen molar-refractivity contribution < 1.29 is 10.2 Å². The molecule has 0 aliphatic carbocycles. The van der Waals surface area contributed by atoms with Crippen LogP contribution in [0.2, 0.25) is 0 Å². The quantitative estimate of drug-likeness (QED) is 0.516. The van der Waals surface area contributed by atoms with Gasteiger partial charge < -0.3 is 10.2 Å². The zero-order chi connectivity index (χ0) is 4.41. The zero-order valence-corrected chi connectivity index (χ0v) is 4.31. The summed E-state index contributed by atoms with van der Waals surface area (Å²) in [6.45, 7) is 4.64. The molecule has 0 aromatic carbocycles. The maximum absolute atomic E-state index is 5.04. The van der Waals surface area contributed by atoms with Gasteiger partial charge in [-0.15, -0.1) is 0 Å². The fourth-order valence-electron chi connectivity index (χ4n) is 0.644. The molecule has 1 aliphatic rings. The first-order valence-corrected chi connectivity index (χ1v) is 2.34. The van der Waals surface area contributed by atoms with Crippen molar-refractivity contribution in [1.29, 1.82) is 0 Å². The first-order chi connectivity index (χ1) is 2.89. The number of rotatable bonds is 0. The van der Waals surface area contributed by atoms with E-state index < -0.39 is 0 Å². The summed E-state index contributed by atoms with van der Waals surface area (Å²) in [4.78, 5) is 0. The Morgan fingerprint density at radius 3 is 2.25 bits per heavy atom. The molecule has 1 aliphatic heterocycles. The van der Waals surface area contributed by atoms with Gasteiger partial charge in [0.1, 0.15) is 0 Å². The third-order valence-electron chi connectivity index (χ3n) is 1.02. The van der Waals surface area contributed by atoms with Crippen LogP contribution in [0.25, 0.3) is 0 Å². The topological polar surface area (TPSA) is 40.7 Å². The minimum atomic E-state index is 0. The van der Waals surface area contributed by atoms with Gasteiger partial charge in [-0.2, -0.15) is 0 Å². The Morgan fingerprint density at radius 2 is 2.12 bits per heavy atom. The van der Waals surface area contributed by atoms with Crippen molar-refractivity contribution in [1.82, 2.24) is 0 Å². The molecular formula is C5H13BaO2. The van der Waals surface area contributed by atoms with Crippen LogP contribution in [0.3, 0.4) is 0 Å². The van der Waals surface area contributed by atoms with Crippen molar-refractivity contribution >= 4 is 48.9 Å². The summed E-state index contributed by atoms with van der Waals surface area (Å²) < 4.78 is 5.04. The van der Waals surface area contributed by atoms with E-state index in [4.69, 9.17) is 4.74 Å². The van der Waals surface area contributed by atoms with Crippen LogP contribution in [-0.2, 0) is 4.74 Å². The van der Waals surface area contributed by atoms with Crippen LogP contribution in [0.4, 0.5) is 0 Å². The molecule has 1 rings (SSSR count). The summed E-state index contributed by atoms with van der Waals surface area (Å²) in [5, 5.41) is 0. The maximum atomic E-state index is 5.04. The fraction of sp³-hybridized carbons (Fsp3) is 0.800. The van der Waals surface area contributed by atoms with Crippen molar-refractivity contribution in [3.8, 4) is 0 Å². The van der Waals surface area contributed by atoms with Crippen LogP contribution < -0.4 is 0 Å². The van der Waals surface area contributed by atoms with Crippen molar-refractivity contribution in [2.75, 3.05) is 6.61 Å². The number of hydrogen-bond acceptors (Lipinski definition) is 1. The molecule has 1 atom stereocenters. The summed E-state index contributed by atoms with van der Waals surface area (Å²) >= 11 is 0. The molecule has 0 aromatic rings. The van der Waals surface area contributed by atoms with Crippen molar-refractivity contribution in [2.45, 2.75) is 18.9 Å². The van der Waals surface area contributed by atoms with Gasteiger partial charge in [-0.3, -0.25) is 0 Å². The standard InChI is InChI=1S/C5H9O.Ba.H2O.2H/c1-5-3-2-4-6-5;;;;/h5H,1-4H2;;1H2;;. The second-order valence-corrected chi connectivity index (χ2v) is 1.64. The largest absolute Gasteiger partial charge is 0.378 e. The molecule has 0 saturated carbocycles. The molecule has 0 spiro atoms. The predicted octanol–water partition coefficient (Wildman–Crippen LogP) is -0.741. The van der Waals surface area contributed by atoms with Crippen LogP contribution in [0.15, 0.2) is 0 Å². The van der Waals surface area contributed by atoms with E-state index in [1.165, 1.54) is 6.42 Å². The average molecular weight is 242 g/mol. The molecule has 3 heteroatoms. The zero-order valence-electron chi connectivity index (χ0n) is 4.31. The Hall–Kier alpha value is 1.49. The van der Waals surface area contributed by atoms with Gasteiger partial charge in [-0.05, 0) is 19.8 Å². The van der Waals surface area contributed by atoms with Crippen LogP contribution >= 0.6 is 0 Å². The molecule has 1 fully saturated rings. The summed E-state index contributed by atoms with van der Waals surface area (Å²) in [6, 6.07) is 0. The van der Waals surface area contributed by atoms with E-state index in [9.17, 15) is 0 Å². The minimum Gasteiger partial charge on any atom is -0.378 e. The van der Waals surface area contributed by atoms with Gasteiger partial charge in [-0.25, -0.2) is 0 Å². The van der Waals surface area contributed by atoms with Gasteiger partial charge in [0.05, 0.1) is 6.10 Å².